The Kier molecular flexibility index (Phi) is 4.57. The number of rotatable bonds is 4. The van der Waals surface area contributed by atoms with Crippen LogP contribution < -0.4 is 20.1 Å². The first kappa shape index (κ1) is 16.1. The maximum atomic E-state index is 12.4. The van der Waals surface area contributed by atoms with Crippen molar-refractivity contribution in [3.63, 3.8) is 0 Å². The van der Waals surface area contributed by atoms with E-state index in [9.17, 15) is 9.59 Å². The summed E-state index contributed by atoms with van der Waals surface area (Å²) >= 11 is 5.96. The summed E-state index contributed by atoms with van der Waals surface area (Å²) in [5, 5.41) is 5.83. The van der Waals surface area contributed by atoms with Gasteiger partial charge >= 0.3 is 0 Å². The van der Waals surface area contributed by atoms with E-state index >= 15 is 0 Å². The summed E-state index contributed by atoms with van der Waals surface area (Å²) in [6, 6.07) is 10.2. The number of hydrogen-bond donors (Lipinski definition) is 2. The number of amides is 2. The lowest BCUT2D eigenvalue weighted by Gasteiger charge is -2.11. The van der Waals surface area contributed by atoms with Gasteiger partial charge in [0.2, 0.25) is 12.7 Å². The van der Waals surface area contributed by atoms with Crippen LogP contribution in [0.25, 0.3) is 0 Å². The Morgan fingerprint density at radius 3 is 2.71 bits per heavy atom. The standard InChI is InChI=1S/C17H15ClN2O4/c1-10(21)20-14-4-3-12(18)7-13(14)17(22)19-8-11-2-5-15-16(6-11)24-9-23-15/h2-7H,8-9H2,1H3,(H,19,22)(H,20,21). The second kappa shape index (κ2) is 6.80. The van der Waals surface area contributed by atoms with Crippen LogP contribution in [0.2, 0.25) is 5.02 Å². The third-order valence-electron chi connectivity index (χ3n) is 3.43. The summed E-state index contributed by atoms with van der Waals surface area (Å²) in [6.45, 7) is 1.89. The molecule has 2 aromatic carbocycles. The lowest BCUT2D eigenvalue weighted by atomic mass is 10.1. The fourth-order valence-corrected chi connectivity index (χ4v) is 2.50. The van der Waals surface area contributed by atoms with Crippen molar-refractivity contribution in [1.82, 2.24) is 5.32 Å². The van der Waals surface area contributed by atoms with Crippen LogP contribution in [0.4, 0.5) is 5.69 Å². The molecule has 0 radical (unpaired) electrons. The molecule has 0 aromatic heterocycles. The molecule has 7 heteroatoms. The molecule has 0 saturated heterocycles. The summed E-state index contributed by atoms with van der Waals surface area (Å²) in [5.41, 5.74) is 1.59. The minimum Gasteiger partial charge on any atom is -0.454 e. The molecular formula is C17H15ClN2O4. The van der Waals surface area contributed by atoms with Gasteiger partial charge in [-0.25, -0.2) is 0 Å². The van der Waals surface area contributed by atoms with E-state index < -0.39 is 0 Å². The largest absolute Gasteiger partial charge is 0.454 e. The minimum atomic E-state index is -0.334. The molecule has 6 nitrogen and oxygen atoms in total. The van der Waals surface area contributed by atoms with Gasteiger partial charge in [0.15, 0.2) is 11.5 Å². The number of anilines is 1. The number of nitrogens with one attached hydrogen (secondary N) is 2. The summed E-state index contributed by atoms with van der Waals surface area (Å²) in [5.74, 6) is 0.748. The fourth-order valence-electron chi connectivity index (χ4n) is 2.33. The second-order valence-electron chi connectivity index (χ2n) is 5.24. The molecule has 0 bridgehead atoms. The van der Waals surface area contributed by atoms with E-state index in [0.29, 0.717) is 34.3 Å². The first-order chi connectivity index (χ1) is 11.5. The van der Waals surface area contributed by atoms with Crippen molar-refractivity contribution in [3.8, 4) is 11.5 Å². The highest BCUT2D eigenvalue weighted by molar-refractivity contribution is 6.31. The van der Waals surface area contributed by atoms with Crippen molar-refractivity contribution in [2.75, 3.05) is 12.1 Å². The number of ether oxygens (including phenoxy) is 2. The molecule has 2 amide bonds. The smallest absolute Gasteiger partial charge is 0.253 e. The predicted octanol–water partition coefficient (Wildman–Crippen LogP) is 2.96. The number of carbonyl (C=O) groups excluding carboxylic acids is 2. The average Bonchev–Trinajstić information content (AvgIpc) is 3.01. The van der Waals surface area contributed by atoms with Crippen LogP contribution in [-0.4, -0.2) is 18.6 Å². The Labute approximate surface area is 143 Å². The number of fused-ring (bicyclic) bond motifs is 1. The number of halogens is 1. The van der Waals surface area contributed by atoms with Gasteiger partial charge in [-0.05, 0) is 35.9 Å². The Hall–Kier alpha value is -2.73. The van der Waals surface area contributed by atoms with Crippen molar-refractivity contribution < 1.29 is 19.1 Å². The zero-order valence-electron chi connectivity index (χ0n) is 12.9. The monoisotopic (exact) mass is 346 g/mol. The summed E-state index contributed by atoms with van der Waals surface area (Å²) in [4.78, 5) is 23.7. The highest BCUT2D eigenvalue weighted by atomic mass is 35.5. The van der Waals surface area contributed by atoms with Crippen LogP contribution in [0.15, 0.2) is 36.4 Å². The van der Waals surface area contributed by atoms with Crippen molar-refractivity contribution in [1.29, 1.82) is 0 Å². The predicted molar refractivity (Wildman–Crippen MR) is 89.5 cm³/mol. The molecule has 0 aliphatic carbocycles. The van der Waals surface area contributed by atoms with E-state index in [2.05, 4.69) is 10.6 Å². The third-order valence-corrected chi connectivity index (χ3v) is 3.66. The molecule has 0 fully saturated rings. The number of benzene rings is 2. The molecule has 3 rings (SSSR count). The molecule has 2 aromatic rings. The molecule has 1 aliphatic rings. The first-order valence-electron chi connectivity index (χ1n) is 7.27. The molecule has 0 spiro atoms. The van der Waals surface area contributed by atoms with Gasteiger partial charge in [-0.1, -0.05) is 17.7 Å². The van der Waals surface area contributed by atoms with E-state index in [4.69, 9.17) is 21.1 Å². The quantitative estimate of drug-likeness (QED) is 0.892. The second-order valence-corrected chi connectivity index (χ2v) is 5.68. The highest BCUT2D eigenvalue weighted by Crippen LogP contribution is 2.32. The fraction of sp³-hybridized carbons (Fsp3) is 0.176. The van der Waals surface area contributed by atoms with Crippen LogP contribution in [0.3, 0.4) is 0 Å². The number of carbonyl (C=O) groups is 2. The van der Waals surface area contributed by atoms with Gasteiger partial charge in [0.05, 0.1) is 11.3 Å². The Morgan fingerprint density at radius 2 is 1.92 bits per heavy atom. The molecule has 124 valence electrons. The zero-order chi connectivity index (χ0) is 17.1. The Bertz CT molecular complexity index is 807. The highest BCUT2D eigenvalue weighted by Gasteiger charge is 2.15. The lowest BCUT2D eigenvalue weighted by Crippen LogP contribution is -2.24. The van der Waals surface area contributed by atoms with Gasteiger partial charge in [-0.15, -0.1) is 0 Å². The van der Waals surface area contributed by atoms with Gasteiger partial charge in [0, 0.05) is 18.5 Å². The van der Waals surface area contributed by atoms with Gasteiger partial charge in [0.1, 0.15) is 0 Å². The van der Waals surface area contributed by atoms with E-state index in [-0.39, 0.29) is 18.6 Å². The molecular weight excluding hydrogens is 332 g/mol. The first-order valence-corrected chi connectivity index (χ1v) is 7.64. The topological polar surface area (TPSA) is 76.7 Å². The van der Waals surface area contributed by atoms with Gasteiger partial charge in [0.25, 0.3) is 5.91 Å². The van der Waals surface area contributed by atoms with Crippen molar-refractivity contribution in [3.05, 3.63) is 52.5 Å². The molecule has 0 unspecified atom stereocenters. The normalized spacial score (nSPS) is 11.9. The van der Waals surface area contributed by atoms with Gasteiger partial charge in [-0.2, -0.15) is 0 Å². The van der Waals surface area contributed by atoms with Crippen LogP contribution >= 0.6 is 11.6 Å². The Morgan fingerprint density at radius 1 is 1.12 bits per heavy atom. The molecule has 0 atom stereocenters. The molecule has 1 heterocycles. The van der Waals surface area contributed by atoms with E-state index in [0.717, 1.165) is 5.56 Å². The SMILES string of the molecule is CC(=O)Nc1ccc(Cl)cc1C(=O)NCc1ccc2c(c1)OCO2. The van der Waals surface area contributed by atoms with Gasteiger partial charge in [-0.3, -0.25) is 9.59 Å². The average molecular weight is 347 g/mol. The van der Waals surface area contributed by atoms with Crippen LogP contribution in [-0.2, 0) is 11.3 Å². The Balaban J connectivity index is 1.73. The summed E-state index contributed by atoms with van der Waals surface area (Å²) < 4.78 is 10.6. The van der Waals surface area contributed by atoms with Crippen LogP contribution in [0.1, 0.15) is 22.8 Å². The summed E-state index contributed by atoms with van der Waals surface area (Å²) in [6.07, 6.45) is 0. The molecule has 24 heavy (non-hydrogen) atoms. The maximum Gasteiger partial charge on any atom is 0.253 e. The third kappa shape index (κ3) is 3.60. The lowest BCUT2D eigenvalue weighted by molar-refractivity contribution is -0.114. The number of hydrogen-bond acceptors (Lipinski definition) is 4. The van der Waals surface area contributed by atoms with Gasteiger partial charge < -0.3 is 20.1 Å². The van der Waals surface area contributed by atoms with E-state index in [1.54, 1.807) is 18.2 Å². The molecule has 1 aliphatic heterocycles. The molecule has 2 N–H and O–H groups in total. The van der Waals surface area contributed by atoms with Crippen LogP contribution in [0, 0.1) is 0 Å². The van der Waals surface area contributed by atoms with Crippen molar-refractivity contribution in [2.24, 2.45) is 0 Å². The zero-order valence-corrected chi connectivity index (χ0v) is 13.6. The summed E-state index contributed by atoms with van der Waals surface area (Å²) in [7, 11) is 0. The van der Waals surface area contributed by atoms with Crippen molar-refractivity contribution in [2.45, 2.75) is 13.5 Å². The minimum absolute atomic E-state index is 0.202. The van der Waals surface area contributed by atoms with E-state index in [1.165, 1.54) is 13.0 Å². The van der Waals surface area contributed by atoms with E-state index in [1.807, 2.05) is 12.1 Å². The van der Waals surface area contributed by atoms with Crippen LogP contribution in [0.5, 0.6) is 11.5 Å². The van der Waals surface area contributed by atoms with Crippen molar-refractivity contribution >= 4 is 29.1 Å². The maximum absolute atomic E-state index is 12.4. The molecule has 0 saturated carbocycles.